The fourth-order valence-electron chi connectivity index (χ4n) is 2.74. The van der Waals surface area contributed by atoms with E-state index in [9.17, 15) is 10.1 Å². The first-order valence-corrected chi connectivity index (χ1v) is 7.27. The van der Waals surface area contributed by atoms with Gasteiger partial charge in [0.25, 0.3) is 0 Å². The van der Waals surface area contributed by atoms with Gasteiger partial charge in [-0.3, -0.25) is 4.79 Å². The van der Waals surface area contributed by atoms with E-state index in [1.54, 1.807) is 0 Å². The van der Waals surface area contributed by atoms with Gasteiger partial charge in [-0.2, -0.15) is 5.26 Å². The molecule has 0 aromatic heterocycles. The average Bonchev–Trinajstić information content (AvgIpc) is 2.61. The lowest BCUT2D eigenvalue weighted by Gasteiger charge is -2.25. The van der Waals surface area contributed by atoms with Crippen LogP contribution in [-0.2, 0) is 4.79 Å². The maximum atomic E-state index is 12.6. The fourth-order valence-corrected chi connectivity index (χ4v) is 2.74. The Hall–Kier alpha value is -1.82. The molecule has 3 nitrogen and oxygen atoms in total. The number of nitrogens with zero attached hydrogens (tertiary/aromatic N) is 2. The molecule has 1 amide bonds. The smallest absolute Gasteiger partial charge is 0.244 e. The highest BCUT2D eigenvalue weighted by Gasteiger charge is 2.29. The molecule has 1 fully saturated rings. The second-order valence-electron chi connectivity index (χ2n) is 6.32. The average molecular weight is 270 g/mol. The molecule has 3 heteroatoms. The van der Waals surface area contributed by atoms with E-state index in [2.05, 4.69) is 19.9 Å². The number of carbonyl (C=O) groups is 1. The highest BCUT2D eigenvalue weighted by atomic mass is 16.2. The minimum atomic E-state index is -0.669. The Morgan fingerprint density at radius 3 is 2.60 bits per heavy atom. The van der Waals surface area contributed by atoms with Gasteiger partial charge in [0.1, 0.15) is 5.92 Å². The van der Waals surface area contributed by atoms with E-state index in [0.29, 0.717) is 5.41 Å². The lowest BCUT2D eigenvalue weighted by Crippen LogP contribution is -2.35. The maximum Gasteiger partial charge on any atom is 0.244 e. The van der Waals surface area contributed by atoms with Gasteiger partial charge in [0.15, 0.2) is 0 Å². The first-order chi connectivity index (χ1) is 9.53. The molecular formula is C17H22N2O. The Morgan fingerprint density at radius 2 is 1.95 bits per heavy atom. The molecule has 1 unspecified atom stereocenters. The Labute approximate surface area is 121 Å². The number of rotatable bonds is 2. The molecule has 0 radical (unpaired) electrons. The molecule has 1 heterocycles. The summed E-state index contributed by atoms with van der Waals surface area (Å²) in [4.78, 5) is 14.5. The predicted molar refractivity (Wildman–Crippen MR) is 79.0 cm³/mol. The van der Waals surface area contributed by atoms with Gasteiger partial charge in [-0.05, 0) is 30.2 Å². The number of nitriles is 1. The zero-order valence-corrected chi connectivity index (χ0v) is 12.3. The van der Waals surface area contributed by atoms with Crippen molar-refractivity contribution in [1.29, 1.82) is 5.26 Å². The third-order valence-electron chi connectivity index (χ3n) is 4.16. The monoisotopic (exact) mass is 270 g/mol. The number of hydrogen-bond donors (Lipinski definition) is 0. The number of carbonyl (C=O) groups excluding carboxylic acids is 1. The Morgan fingerprint density at radius 1 is 1.25 bits per heavy atom. The third-order valence-corrected chi connectivity index (χ3v) is 4.16. The first kappa shape index (κ1) is 14.6. The molecule has 0 spiro atoms. The standard InChI is InChI=1S/C17H22N2O/c1-17(2)9-6-11-19(12-10-17)16(20)15(13-18)14-7-4-3-5-8-14/h3-5,7-8,15H,6,9-12H2,1-2H3. The van der Waals surface area contributed by atoms with Crippen LogP contribution in [0, 0.1) is 16.7 Å². The van der Waals surface area contributed by atoms with Crippen LogP contribution < -0.4 is 0 Å². The van der Waals surface area contributed by atoms with Crippen LogP contribution in [0.4, 0.5) is 0 Å². The van der Waals surface area contributed by atoms with Gasteiger partial charge in [0.2, 0.25) is 5.91 Å². The van der Waals surface area contributed by atoms with E-state index < -0.39 is 5.92 Å². The minimum Gasteiger partial charge on any atom is -0.341 e. The zero-order valence-electron chi connectivity index (χ0n) is 12.3. The van der Waals surface area contributed by atoms with Crippen LogP contribution >= 0.6 is 0 Å². The Balaban J connectivity index is 2.12. The van der Waals surface area contributed by atoms with E-state index in [0.717, 1.165) is 37.9 Å². The molecule has 1 saturated heterocycles. The van der Waals surface area contributed by atoms with Crippen molar-refractivity contribution < 1.29 is 4.79 Å². The highest BCUT2D eigenvalue weighted by Crippen LogP contribution is 2.31. The summed E-state index contributed by atoms with van der Waals surface area (Å²) in [7, 11) is 0. The van der Waals surface area contributed by atoms with E-state index in [4.69, 9.17) is 0 Å². The largest absolute Gasteiger partial charge is 0.341 e. The van der Waals surface area contributed by atoms with Gasteiger partial charge in [0, 0.05) is 13.1 Å². The summed E-state index contributed by atoms with van der Waals surface area (Å²) < 4.78 is 0. The molecule has 20 heavy (non-hydrogen) atoms. The number of amides is 1. The summed E-state index contributed by atoms with van der Waals surface area (Å²) >= 11 is 0. The van der Waals surface area contributed by atoms with Crippen molar-refractivity contribution in [2.45, 2.75) is 39.0 Å². The van der Waals surface area contributed by atoms with E-state index in [1.807, 2.05) is 35.2 Å². The molecule has 0 bridgehead atoms. The van der Waals surface area contributed by atoms with Crippen molar-refractivity contribution in [3.63, 3.8) is 0 Å². The van der Waals surface area contributed by atoms with Gasteiger partial charge in [-0.25, -0.2) is 0 Å². The summed E-state index contributed by atoms with van der Waals surface area (Å²) in [5.74, 6) is -0.714. The van der Waals surface area contributed by atoms with Crippen molar-refractivity contribution in [3.8, 4) is 6.07 Å². The van der Waals surface area contributed by atoms with Gasteiger partial charge < -0.3 is 4.90 Å². The lowest BCUT2D eigenvalue weighted by atomic mass is 9.85. The molecule has 1 aromatic carbocycles. The van der Waals surface area contributed by atoms with Crippen molar-refractivity contribution >= 4 is 5.91 Å². The maximum absolute atomic E-state index is 12.6. The predicted octanol–water partition coefficient (Wildman–Crippen LogP) is 3.33. The second-order valence-corrected chi connectivity index (χ2v) is 6.32. The van der Waals surface area contributed by atoms with Gasteiger partial charge in [-0.1, -0.05) is 44.2 Å². The molecule has 1 aliphatic heterocycles. The minimum absolute atomic E-state index is 0.0450. The summed E-state index contributed by atoms with van der Waals surface area (Å²) in [5.41, 5.74) is 1.09. The number of likely N-dealkylation sites (tertiary alicyclic amines) is 1. The molecule has 0 saturated carbocycles. The SMILES string of the molecule is CC1(C)CCCN(C(=O)C(C#N)c2ccccc2)CC1. The fraction of sp³-hybridized carbons (Fsp3) is 0.529. The normalized spacial score (nSPS) is 19.8. The summed E-state index contributed by atoms with van der Waals surface area (Å²) in [6, 6.07) is 11.5. The van der Waals surface area contributed by atoms with Crippen molar-refractivity contribution in [2.75, 3.05) is 13.1 Å². The zero-order chi connectivity index (χ0) is 14.6. The van der Waals surface area contributed by atoms with Crippen LogP contribution in [0.15, 0.2) is 30.3 Å². The lowest BCUT2D eigenvalue weighted by molar-refractivity contribution is -0.131. The Kier molecular flexibility index (Phi) is 4.44. The van der Waals surface area contributed by atoms with Gasteiger partial charge >= 0.3 is 0 Å². The van der Waals surface area contributed by atoms with Crippen molar-refractivity contribution in [1.82, 2.24) is 4.90 Å². The molecule has 0 N–H and O–H groups in total. The summed E-state index contributed by atoms with van der Waals surface area (Å²) in [6.07, 6.45) is 3.16. The van der Waals surface area contributed by atoms with E-state index in [1.165, 1.54) is 0 Å². The second kappa shape index (κ2) is 6.09. The van der Waals surface area contributed by atoms with Crippen LogP contribution in [0.1, 0.15) is 44.6 Å². The Bertz CT molecular complexity index is 501. The molecule has 106 valence electrons. The molecular weight excluding hydrogens is 248 g/mol. The van der Waals surface area contributed by atoms with Crippen LogP contribution in [0.2, 0.25) is 0 Å². The van der Waals surface area contributed by atoms with Crippen LogP contribution in [0.3, 0.4) is 0 Å². The molecule has 1 aliphatic rings. The van der Waals surface area contributed by atoms with Crippen LogP contribution in [-0.4, -0.2) is 23.9 Å². The molecule has 0 aliphatic carbocycles. The molecule has 1 atom stereocenters. The number of hydrogen-bond acceptors (Lipinski definition) is 2. The number of benzene rings is 1. The van der Waals surface area contributed by atoms with Crippen LogP contribution in [0.25, 0.3) is 0 Å². The summed E-state index contributed by atoms with van der Waals surface area (Å²) in [6.45, 7) is 6.03. The highest BCUT2D eigenvalue weighted by molar-refractivity contribution is 5.86. The van der Waals surface area contributed by atoms with Crippen molar-refractivity contribution in [3.05, 3.63) is 35.9 Å². The van der Waals surface area contributed by atoms with E-state index >= 15 is 0 Å². The first-order valence-electron chi connectivity index (χ1n) is 7.27. The van der Waals surface area contributed by atoms with Crippen LogP contribution in [0.5, 0.6) is 0 Å². The van der Waals surface area contributed by atoms with Crippen molar-refractivity contribution in [2.24, 2.45) is 5.41 Å². The third kappa shape index (κ3) is 3.39. The topological polar surface area (TPSA) is 44.1 Å². The van der Waals surface area contributed by atoms with Gasteiger partial charge in [0.05, 0.1) is 6.07 Å². The molecule has 2 rings (SSSR count). The molecule has 1 aromatic rings. The van der Waals surface area contributed by atoms with Gasteiger partial charge in [-0.15, -0.1) is 0 Å². The summed E-state index contributed by atoms with van der Waals surface area (Å²) in [5, 5.41) is 9.36. The van der Waals surface area contributed by atoms with E-state index in [-0.39, 0.29) is 5.91 Å². The quantitative estimate of drug-likeness (QED) is 0.827.